The second-order valence-corrected chi connectivity index (χ2v) is 10.8. The fourth-order valence-electron chi connectivity index (χ4n) is 5.40. The van der Waals surface area contributed by atoms with Crippen molar-refractivity contribution in [2.24, 2.45) is 5.10 Å². The van der Waals surface area contributed by atoms with E-state index in [0.717, 1.165) is 50.8 Å². The monoisotopic (exact) mass is 597 g/mol. The van der Waals surface area contributed by atoms with Crippen LogP contribution in [0.1, 0.15) is 5.56 Å². The quantitative estimate of drug-likeness (QED) is 0.201. The first kappa shape index (κ1) is 27.0. The zero-order chi connectivity index (χ0) is 30.7. The van der Waals surface area contributed by atoms with Gasteiger partial charge in [-0.1, -0.05) is 97.1 Å². The molecule has 6 aromatic carbocycles. The number of hydrazine groups is 2. The van der Waals surface area contributed by atoms with Crippen molar-refractivity contribution in [2.75, 3.05) is 10.2 Å². The Balaban J connectivity index is 1.08. The number of hydrogen-bond acceptors (Lipinski definition) is 6. The Bertz CT molecular complexity index is 2090. The number of tetrazole rings is 1. The molecule has 0 unspecified atom stereocenters. The second-order valence-electron chi connectivity index (χ2n) is 10.8. The summed E-state index contributed by atoms with van der Waals surface area (Å²) in [7, 11) is 0. The van der Waals surface area contributed by atoms with Gasteiger partial charge in [-0.2, -0.15) is 10.2 Å². The van der Waals surface area contributed by atoms with E-state index in [1.165, 1.54) is 0 Å². The number of nitrogens with zero attached hydrogens (tertiary/aromatic N) is 7. The third-order valence-corrected chi connectivity index (χ3v) is 7.75. The van der Waals surface area contributed by atoms with E-state index < -0.39 is 0 Å². The van der Waals surface area contributed by atoms with Crippen LogP contribution >= 0.6 is 0 Å². The van der Waals surface area contributed by atoms with Gasteiger partial charge in [-0.25, -0.2) is 0 Å². The Morgan fingerprint density at radius 3 is 1.59 bits per heavy atom. The minimum Gasteiger partial charge on any atom is -0.259 e. The molecular formula is C38H29N8+. The molecule has 1 aliphatic heterocycles. The van der Waals surface area contributed by atoms with Gasteiger partial charge in [-0.05, 0) is 93.8 Å². The molecule has 8 heteroatoms. The molecule has 1 N–H and O–H groups in total. The fraction of sp³-hybridized carbons (Fsp3) is 0. The normalized spacial score (nSPS) is 12.6. The number of aromatic nitrogens is 4. The van der Waals surface area contributed by atoms with E-state index in [1.54, 1.807) is 0 Å². The maximum Gasteiger partial charge on any atom is 0.340 e. The lowest BCUT2D eigenvalue weighted by molar-refractivity contribution is -0.734. The number of hydrazone groups is 1. The van der Waals surface area contributed by atoms with Gasteiger partial charge in [-0.15, -0.1) is 5.10 Å². The molecule has 1 aliphatic rings. The molecule has 8 rings (SSSR count). The minimum atomic E-state index is 0.656. The third kappa shape index (κ3) is 5.24. The summed E-state index contributed by atoms with van der Waals surface area (Å²) in [6, 6.07) is 57.2. The molecule has 46 heavy (non-hydrogen) atoms. The molecule has 0 atom stereocenters. The minimum absolute atomic E-state index is 0.656. The van der Waals surface area contributed by atoms with Gasteiger partial charge in [0.05, 0.1) is 22.0 Å². The van der Waals surface area contributed by atoms with Crippen LogP contribution in [0.2, 0.25) is 0 Å². The van der Waals surface area contributed by atoms with E-state index >= 15 is 0 Å². The summed E-state index contributed by atoms with van der Waals surface area (Å²) in [5, 5.41) is 18.5. The molecule has 0 saturated carbocycles. The van der Waals surface area contributed by atoms with Gasteiger partial charge in [0.15, 0.2) is 11.5 Å². The molecule has 1 aromatic heterocycles. The van der Waals surface area contributed by atoms with Gasteiger partial charge < -0.3 is 0 Å². The van der Waals surface area contributed by atoms with Crippen molar-refractivity contribution in [1.82, 2.24) is 20.4 Å². The number of amidine groups is 1. The Morgan fingerprint density at radius 1 is 0.457 bits per heavy atom. The van der Waals surface area contributed by atoms with Crippen molar-refractivity contribution < 1.29 is 4.80 Å². The molecule has 0 aliphatic carbocycles. The summed E-state index contributed by atoms with van der Waals surface area (Å²) in [6.07, 6.45) is 0. The first-order valence-electron chi connectivity index (χ1n) is 15.1. The predicted molar refractivity (Wildman–Crippen MR) is 181 cm³/mol. The summed E-state index contributed by atoms with van der Waals surface area (Å²) in [5.74, 6) is 1.43. The van der Waals surface area contributed by atoms with Crippen LogP contribution in [-0.2, 0) is 0 Å². The Morgan fingerprint density at radius 2 is 0.978 bits per heavy atom. The molecule has 0 spiro atoms. The second kappa shape index (κ2) is 11.9. The van der Waals surface area contributed by atoms with Crippen molar-refractivity contribution >= 4 is 17.2 Å². The van der Waals surface area contributed by atoms with E-state index in [0.29, 0.717) is 5.82 Å². The smallest absolute Gasteiger partial charge is 0.259 e. The van der Waals surface area contributed by atoms with Crippen LogP contribution in [0.3, 0.4) is 0 Å². The third-order valence-electron chi connectivity index (χ3n) is 7.75. The molecule has 0 fully saturated rings. The van der Waals surface area contributed by atoms with Crippen molar-refractivity contribution in [3.63, 3.8) is 0 Å². The van der Waals surface area contributed by atoms with Gasteiger partial charge in [0.2, 0.25) is 0 Å². The van der Waals surface area contributed by atoms with Gasteiger partial charge in [0.1, 0.15) is 5.69 Å². The van der Waals surface area contributed by atoms with Gasteiger partial charge >= 0.3 is 5.82 Å². The predicted octanol–water partition coefficient (Wildman–Crippen LogP) is 6.99. The highest BCUT2D eigenvalue weighted by Crippen LogP contribution is 2.28. The van der Waals surface area contributed by atoms with Crippen molar-refractivity contribution in [1.29, 1.82) is 0 Å². The van der Waals surface area contributed by atoms with Crippen molar-refractivity contribution in [3.8, 4) is 33.9 Å². The molecule has 0 amide bonds. The first-order chi connectivity index (χ1) is 22.8. The zero-order valence-corrected chi connectivity index (χ0v) is 24.8. The van der Waals surface area contributed by atoms with Gasteiger partial charge in [0.25, 0.3) is 0 Å². The molecular weight excluding hydrogens is 568 g/mol. The largest absolute Gasteiger partial charge is 0.340 e. The molecule has 8 nitrogen and oxygen atoms in total. The number of para-hydroxylation sites is 2. The van der Waals surface area contributed by atoms with Crippen LogP contribution in [0.5, 0.6) is 0 Å². The van der Waals surface area contributed by atoms with Crippen molar-refractivity contribution in [3.05, 3.63) is 175 Å². The highest BCUT2D eigenvalue weighted by molar-refractivity contribution is 6.02. The number of rotatable bonds is 7. The number of benzene rings is 6. The molecule has 2 heterocycles. The highest BCUT2D eigenvalue weighted by atomic mass is 15.9. The topological polar surface area (TPSA) is 65.5 Å². The van der Waals surface area contributed by atoms with E-state index in [2.05, 4.69) is 54.0 Å². The maximum absolute atomic E-state index is 4.90. The summed E-state index contributed by atoms with van der Waals surface area (Å²) in [6.45, 7) is 0. The van der Waals surface area contributed by atoms with Crippen LogP contribution in [0.15, 0.2) is 175 Å². The van der Waals surface area contributed by atoms with E-state index in [4.69, 9.17) is 15.3 Å². The average molecular weight is 598 g/mol. The molecule has 0 saturated heterocycles. The highest BCUT2D eigenvalue weighted by Gasteiger charge is 2.27. The number of anilines is 2. The summed E-state index contributed by atoms with van der Waals surface area (Å²) in [4.78, 5) is 3.67. The van der Waals surface area contributed by atoms with Crippen LogP contribution in [0.4, 0.5) is 11.4 Å². The lowest BCUT2D eigenvalue weighted by Crippen LogP contribution is -2.44. The zero-order valence-electron chi connectivity index (χ0n) is 24.8. The van der Waals surface area contributed by atoms with Crippen LogP contribution in [-0.4, -0.2) is 20.8 Å². The lowest BCUT2D eigenvalue weighted by Gasteiger charge is -2.28. The SMILES string of the molecule is c1ccc(C2=NN(c3ccccc3)N(c3ccc(-c4ccc(-[n+]5nc(-c6ccccc6)nn5-c5ccccc5)cc4)cc3)N2)cc1. The van der Waals surface area contributed by atoms with Gasteiger partial charge in [-0.3, -0.25) is 5.43 Å². The summed E-state index contributed by atoms with van der Waals surface area (Å²) in [5.41, 5.74) is 11.4. The Hall–Kier alpha value is -6.54. The van der Waals surface area contributed by atoms with Crippen molar-refractivity contribution in [2.45, 2.75) is 0 Å². The van der Waals surface area contributed by atoms with Crippen LogP contribution < -0.4 is 20.5 Å². The Kier molecular flexibility index (Phi) is 6.97. The van der Waals surface area contributed by atoms with Crippen LogP contribution in [0, 0.1) is 0 Å². The van der Waals surface area contributed by atoms with E-state index in [1.807, 2.05) is 141 Å². The van der Waals surface area contributed by atoms with Gasteiger partial charge in [0, 0.05) is 10.4 Å². The maximum atomic E-state index is 4.90. The number of nitrogens with one attached hydrogen (secondary N) is 1. The summed E-state index contributed by atoms with van der Waals surface area (Å²) < 4.78 is 0. The number of hydrogen-bond donors (Lipinski definition) is 1. The van der Waals surface area contributed by atoms with E-state index in [9.17, 15) is 0 Å². The molecule has 7 aromatic rings. The summed E-state index contributed by atoms with van der Waals surface area (Å²) >= 11 is 0. The average Bonchev–Trinajstić information content (AvgIpc) is 3.80. The lowest BCUT2D eigenvalue weighted by atomic mass is 10.1. The fourth-order valence-corrected chi connectivity index (χ4v) is 5.40. The Labute approximate surface area is 266 Å². The standard InChI is InChI=1S/C38H29N8/c1-5-13-31(14-6-1)37-39-43(33-17-9-3-10-18-33)45(41-37)35-25-21-29(22-26-35)30-23-27-36(28-24-30)46-42-38(32-15-7-2-8-16-32)40-44(46)34-19-11-4-12-20-34/h1-28H,(H,39,41)/q+1. The van der Waals surface area contributed by atoms with E-state index in [-0.39, 0.29) is 0 Å². The molecule has 220 valence electrons. The van der Waals surface area contributed by atoms with Crippen LogP contribution in [0.25, 0.3) is 33.9 Å². The first-order valence-corrected chi connectivity index (χ1v) is 15.1. The molecule has 0 radical (unpaired) electrons. The molecule has 0 bridgehead atoms.